The Balaban J connectivity index is 2.08. The van der Waals surface area contributed by atoms with Crippen LogP contribution in [0.15, 0.2) is 18.2 Å². The molecule has 0 spiro atoms. The van der Waals surface area contributed by atoms with Gasteiger partial charge in [-0.3, -0.25) is 10.1 Å². The van der Waals surface area contributed by atoms with Crippen LogP contribution in [0.25, 0.3) is 0 Å². The van der Waals surface area contributed by atoms with Gasteiger partial charge in [-0.1, -0.05) is 20.8 Å². The van der Waals surface area contributed by atoms with Crippen LogP contribution in [0.3, 0.4) is 0 Å². The van der Waals surface area contributed by atoms with Gasteiger partial charge in [-0.2, -0.15) is 0 Å². The van der Waals surface area contributed by atoms with Gasteiger partial charge >= 0.3 is 0 Å². The lowest BCUT2D eigenvalue weighted by atomic mass is 9.75. The zero-order valence-electron chi connectivity index (χ0n) is 12.2. The molecule has 0 radical (unpaired) electrons. The van der Waals surface area contributed by atoms with Gasteiger partial charge in [-0.05, 0) is 58.9 Å². The Labute approximate surface area is 133 Å². The van der Waals surface area contributed by atoms with Crippen LogP contribution >= 0.6 is 22.6 Å². The van der Waals surface area contributed by atoms with Crippen molar-refractivity contribution < 1.29 is 4.92 Å². The number of piperidine rings is 1. The predicted octanol–water partition coefficient (Wildman–Crippen LogP) is 4.46. The van der Waals surface area contributed by atoms with Crippen LogP contribution in [0.4, 0.5) is 11.4 Å². The molecule has 1 saturated heterocycles. The molecule has 0 aliphatic carbocycles. The lowest BCUT2D eigenvalue weighted by Crippen LogP contribution is -2.38. The van der Waals surface area contributed by atoms with Gasteiger partial charge in [0.15, 0.2) is 0 Å². The summed E-state index contributed by atoms with van der Waals surface area (Å²) >= 11 is 2.05. The molecule has 0 unspecified atom stereocenters. The number of benzene rings is 1. The number of anilines is 1. The van der Waals surface area contributed by atoms with E-state index in [0.717, 1.165) is 24.7 Å². The van der Waals surface area contributed by atoms with Crippen molar-refractivity contribution in [1.29, 1.82) is 0 Å². The van der Waals surface area contributed by atoms with Crippen LogP contribution < -0.4 is 4.90 Å². The van der Waals surface area contributed by atoms with Gasteiger partial charge in [-0.25, -0.2) is 0 Å². The van der Waals surface area contributed by atoms with Crippen molar-refractivity contribution in [2.24, 2.45) is 11.3 Å². The highest BCUT2D eigenvalue weighted by atomic mass is 127. The molecule has 0 amide bonds. The number of hydrogen-bond donors (Lipinski definition) is 0. The number of rotatable bonds is 2. The molecule has 0 saturated carbocycles. The predicted molar refractivity (Wildman–Crippen MR) is 90.2 cm³/mol. The van der Waals surface area contributed by atoms with Gasteiger partial charge in [0.1, 0.15) is 0 Å². The fourth-order valence-electron chi connectivity index (χ4n) is 2.84. The van der Waals surface area contributed by atoms with Crippen molar-refractivity contribution in [3.63, 3.8) is 0 Å². The average molecular weight is 388 g/mol. The Hall–Kier alpha value is -0.850. The summed E-state index contributed by atoms with van der Waals surface area (Å²) in [4.78, 5) is 12.9. The molecule has 2 rings (SSSR count). The maximum absolute atomic E-state index is 10.8. The smallest absolute Gasteiger partial charge is 0.282 e. The van der Waals surface area contributed by atoms with E-state index in [-0.39, 0.29) is 10.6 Å². The third kappa shape index (κ3) is 3.42. The molecule has 0 atom stereocenters. The number of nitrogens with zero attached hydrogens (tertiary/aromatic N) is 2. The Kier molecular flexibility index (Phi) is 4.56. The Morgan fingerprint density at radius 3 is 2.35 bits per heavy atom. The van der Waals surface area contributed by atoms with Gasteiger partial charge in [0.2, 0.25) is 0 Å². The Morgan fingerprint density at radius 1 is 1.30 bits per heavy atom. The van der Waals surface area contributed by atoms with E-state index in [1.54, 1.807) is 6.07 Å². The van der Waals surface area contributed by atoms with E-state index in [2.05, 4.69) is 25.7 Å². The molecule has 0 bridgehead atoms. The second-order valence-electron chi connectivity index (χ2n) is 6.52. The SMILES string of the molecule is CC(C)(C)C1CCN(c2ccc([N+](=O)[O-])c(I)c2)CC1. The zero-order chi connectivity index (χ0) is 14.9. The molecule has 1 aliphatic rings. The molecule has 110 valence electrons. The normalized spacial score (nSPS) is 17.3. The molecule has 1 aromatic carbocycles. The summed E-state index contributed by atoms with van der Waals surface area (Å²) in [6.45, 7) is 9.00. The molecule has 0 aromatic heterocycles. The fourth-order valence-corrected chi connectivity index (χ4v) is 3.54. The molecule has 0 N–H and O–H groups in total. The van der Waals surface area contributed by atoms with Gasteiger partial charge in [0, 0.05) is 24.8 Å². The van der Waals surface area contributed by atoms with Crippen LogP contribution in [0.1, 0.15) is 33.6 Å². The van der Waals surface area contributed by atoms with E-state index in [4.69, 9.17) is 0 Å². The van der Waals surface area contributed by atoms with Crippen LogP contribution in [0, 0.1) is 25.0 Å². The Bertz CT molecular complexity index is 503. The highest BCUT2D eigenvalue weighted by molar-refractivity contribution is 14.1. The van der Waals surface area contributed by atoms with E-state index in [1.807, 2.05) is 34.7 Å². The topological polar surface area (TPSA) is 46.4 Å². The fraction of sp³-hybridized carbons (Fsp3) is 0.600. The van der Waals surface area contributed by atoms with Crippen molar-refractivity contribution in [3.8, 4) is 0 Å². The largest absolute Gasteiger partial charge is 0.371 e. The highest BCUT2D eigenvalue weighted by Gasteiger charge is 2.29. The first-order chi connectivity index (χ1) is 9.29. The van der Waals surface area contributed by atoms with Crippen molar-refractivity contribution in [2.45, 2.75) is 33.6 Å². The minimum absolute atomic E-state index is 0.193. The van der Waals surface area contributed by atoms with Gasteiger partial charge in [-0.15, -0.1) is 0 Å². The molecule has 5 heteroatoms. The quantitative estimate of drug-likeness (QED) is 0.427. The van der Waals surface area contributed by atoms with Crippen molar-refractivity contribution in [2.75, 3.05) is 18.0 Å². The first-order valence-electron chi connectivity index (χ1n) is 6.98. The highest BCUT2D eigenvalue weighted by Crippen LogP contribution is 2.36. The van der Waals surface area contributed by atoms with E-state index in [9.17, 15) is 10.1 Å². The summed E-state index contributed by atoms with van der Waals surface area (Å²) in [5.41, 5.74) is 1.67. The molecular weight excluding hydrogens is 367 g/mol. The zero-order valence-corrected chi connectivity index (χ0v) is 14.4. The lowest BCUT2D eigenvalue weighted by molar-refractivity contribution is -0.385. The van der Waals surface area contributed by atoms with E-state index < -0.39 is 0 Å². The summed E-state index contributed by atoms with van der Waals surface area (Å²) < 4.78 is 0.711. The minimum Gasteiger partial charge on any atom is -0.371 e. The second kappa shape index (κ2) is 5.87. The monoisotopic (exact) mass is 388 g/mol. The Morgan fingerprint density at radius 2 is 1.90 bits per heavy atom. The van der Waals surface area contributed by atoms with Gasteiger partial charge < -0.3 is 4.90 Å². The molecule has 20 heavy (non-hydrogen) atoms. The van der Waals surface area contributed by atoms with E-state index >= 15 is 0 Å². The second-order valence-corrected chi connectivity index (χ2v) is 7.68. The van der Waals surface area contributed by atoms with Gasteiger partial charge in [0.25, 0.3) is 5.69 Å². The van der Waals surface area contributed by atoms with Crippen LogP contribution in [0.5, 0.6) is 0 Å². The number of hydrogen-bond acceptors (Lipinski definition) is 3. The molecule has 4 nitrogen and oxygen atoms in total. The molecule has 1 aromatic rings. The van der Waals surface area contributed by atoms with Crippen molar-refractivity contribution >= 4 is 34.0 Å². The summed E-state index contributed by atoms with van der Waals surface area (Å²) in [6.07, 6.45) is 2.38. The van der Waals surface area contributed by atoms with E-state index in [0.29, 0.717) is 8.99 Å². The molecule has 1 heterocycles. The number of nitro groups is 1. The maximum Gasteiger partial charge on any atom is 0.282 e. The van der Waals surface area contributed by atoms with Crippen molar-refractivity contribution in [3.05, 3.63) is 31.9 Å². The minimum atomic E-state index is -0.322. The first kappa shape index (κ1) is 15.5. The molecule has 1 aliphatic heterocycles. The third-order valence-electron chi connectivity index (χ3n) is 4.21. The van der Waals surface area contributed by atoms with Gasteiger partial charge in [0.05, 0.1) is 8.49 Å². The third-order valence-corrected chi connectivity index (χ3v) is 5.08. The lowest BCUT2D eigenvalue weighted by Gasteiger charge is -2.39. The number of halogens is 1. The molecular formula is C15H21IN2O2. The summed E-state index contributed by atoms with van der Waals surface area (Å²) in [7, 11) is 0. The van der Waals surface area contributed by atoms with Crippen LogP contribution in [0.2, 0.25) is 0 Å². The van der Waals surface area contributed by atoms with Crippen molar-refractivity contribution in [1.82, 2.24) is 0 Å². The summed E-state index contributed by atoms with van der Waals surface area (Å²) in [6, 6.07) is 5.42. The average Bonchev–Trinajstić information content (AvgIpc) is 2.37. The maximum atomic E-state index is 10.8. The van der Waals surface area contributed by atoms with E-state index in [1.165, 1.54) is 12.8 Å². The summed E-state index contributed by atoms with van der Waals surface area (Å²) in [5, 5.41) is 10.8. The number of nitro benzene ring substituents is 1. The first-order valence-corrected chi connectivity index (χ1v) is 8.06. The standard InChI is InChI=1S/C15H21IN2O2/c1-15(2,3)11-6-8-17(9-7-11)12-4-5-14(18(19)20)13(16)10-12/h4-5,10-11H,6-9H2,1-3H3. The molecule has 1 fully saturated rings. The van der Waals surface area contributed by atoms with Crippen LogP contribution in [-0.4, -0.2) is 18.0 Å². The van der Waals surface area contributed by atoms with Crippen LogP contribution in [-0.2, 0) is 0 Å². The summed E-state index contributed by atoms with van der Waals surface area (Å²) in [5.74, 6) is 0.760.